The van der Waals surface area contributed by atoms with Crippen molar-refractivity contribution in [1.29, 1.82) is 0 Å². The van der Waals surface area contributed by atoms with E-state index in [1.807, 2.05) is 0 Å². The first-order chi connectivity index (χ1) is 10.1. The monoisotopic (exact) mass is 291 g/mol. The van der Waals surface area contributed by atoms with Gasteiger partial charge in [0.1, 0.15) is 5.82 Å². The molecule has 21 heavy (non-hydrogen) atoms. The van der Waals surface area contributed by atoms with Crippen molar-refractivity contribution in [3.63, 3.8) is 0 Å². The largest absolute Gasteiger partial charge is 0.478 e. The molecule has 1 amide bonds. The minimum absolute atomic E-state index is 0.0127. The lowest BCUT2D eigenvalue weighted by Crippen LogP contribution is -2.32. The summed E-state index contributed by atoms with van der Waals surface area (Å²) < 4.78 is 32.0. The summed E-state index contributed by atoms with van der Waals surface area (Å²) in [6, 6.07) is 11.4. The van der Waals surface area contributed by atoms with Gasteiger partial charge >= 0.3 is 0 Å². The minimum atomic E-state index is -0.856. The molecule has 0 aliphatic carbocycles. The molecule has 1 N–H and O–H groups in total. The van der Waals surface area contributed by atoms with Gasteiger partial charge < -0.3 is 10.1 Å². The molecule has 0 unspecified atom stereocenters. The molecule has 3 nitrogen and oxygen atoms in total. The highest BCUT2D eigenvalue weighted by Crippen LogP contribution is 2.19. The van der Waals surface area contributed by atoms with Crippen LogP contribution in [0.2, 0.25) is 0 Å². The van der Waals surface area contributed by atoms with Gasteiger partial charge in [-0.05, 0) is 36.8 Å². The lowest BCUT2D eigenvalue weighted by Gasteiger charge is -2.17. The number of benzene rings is 2. The van der Waals surface area contributed by atoms with Gasteiger partial charge in [-0.25, -0.2) is 8.78 Å². The lowest BCUT2D eigenvalue weighted by atomic mass is 10.2. The Hall–Kier alpha value is -2.43. The normalized spacial score (nSPS) is 11.8. The number of carbonyl (C=O) groups is 1. The first-order valence-electron chi connectivity index (χ1n) is 6.57. The van der Waals surface area contributed by atoms with Crippen LogP contribution < -0.4 is 10.1 Å². The van der Waals surface area contributed by atoms with Crippen LogP contribution in [0.25, 0.3) is 0 Å². The van der Waals surface area contributed by atoms with E-state index in [0.29, 0.717) is 12.1 Å². The van der Waals surface area contributed by atoms with E-state index >= 15 is 0 Å². The quantitative estimate of drug-likeness (QED) is 0.911. The van der Waals surface area contributed by atoms with Crippen molar-refractivity contribution in [1.82, 2.24) is 0 Å². The molecule has 0 saturated carbocycles. The van der Waals surface area contributed by atoms with Crippen LogP contribution in [0.3, 0.4) is 0 Å². The van der Waals surface area contributed by atoms with Crippen molar-refractivity contribution in [2.24, 2.45) is 0 Å². The van der Waals surface area contributed by atoms with Gasteiger partial charge in [0.25, 0.3) is 5.91 Å². The number of amides is 1. The predicted octanol–water partition coefficient (Wildman–Crippen LogP) is 3.76. The second kappa shape index (κ2) is 6.83. The molecule has 0 aliphatic rings. The Balaban J connectivity index is 2.07. The number of hydrogen-bond acceptors (Lipinski definition) is 2. The molecular formula is C16H15F2NO2. The van der Waals surface area contributed by atoms with E-state index in [4.69, 9.17) is 4.74 Å². The van der Waals surface area contributed by atoms with E-state index in [-0.39, 0.29) is 5.75 Å². The van der Waals surface area contributed by atoms with Gasteiger partial charge in [-0.1, -0.05) is 25.1 Å². The zero-order valence-electron chi connectivity index (χ0n) is 11.5. The summed E-state index contributed by atoms with van der Waals surface area (Å²) in [5.74, 6) is -1.42. The number of hydrogen-bond donors (Lipinski definition) is 1. The van der Waals surface area contributed by atoms with Gasteiger partial charge in [0.15, 0.2) is 17.7 Å². The number of carbonyl (C=O) groups excluding carboxylic acids is 1. The smallest absolute Gasteiger partial charge is 0.265 e. The fourth-order valence-electron chi connectivity index (χ4n) is 1.80. The fourth-order valence-corrected chi connectivity index (χ4v) is 1.80. The van der Waals surface area contributed by atoms with Gasteiger partial charge in [0.2, 0.25) is 0 Å². The number of ether oxygens (including phenoxy) is 1. The maximum absolute atomic E-state index is 13.5. The molecule has 0 bridgehead atoms. The van der Waals surface area contributed by atoms with Crippen molar-refractivity contribution in [3.8, 4) is 5.75 Å². The van der Waals surface area contributed by atoms with Crippen molar-refractivity contribution in [3.05, 3.63) is 60.2 Å². The highest BCUT2D eigenvalue weighted by Gasteiger charge is 2.20. The second-order valence-electron chi connectivity index (χ2n) is 4.44. The Morgan fingerprint density at radius 3 is 2.62 bits per heavy atom. The van der Waals surface area contributed by atoms with Gasteiger partial charge in [0, 0.05) is 5.69 Å². The van der Waals surface area contributed by atoms with Crippen LogP contribution in [0.5, 0.6) is 5.75 Å². The first kappa shape index (κ1) is 15.0. The molecule has 1 atom stereocenters. The Morgan fingerprint density at radius 1 is 1.19 bits per heavy atom. The van der Waals surface area contributed by atoms with Gasteiger partial charge in [-0.3, -0.25) is 4.79 Å². The molecule has 0 fully saturated rings. The molecule has 2 aromatic carbocycles. The van der Waals surface area contributed by atoms with Crippen molar-refractivity contribution < 1.29 is 18.3 Å². The van der Waals surface area contributed by atoms with Crippen molar-refractivity contribution in [2.75, 3.05) is 5.32 Å². The maximum atomic E-state index is 13.5. The molecule has 110 valence electrons. The molecule has 0 saturated heterocycles. The summed E-state index contributed by atoms with van der Waals surface area (Å²) in [7, 11) is 0. The molecule has 0 heterocycles. The van der Waals surface area contributed by atoms with E-state index in [9.17, 15) is 13.6 Å². The number of para-hydroxylation sites is 1. The summed E-state index contributed by atoms with van der Waals surface area (Å²) in [6.45, 7) is 1.75. The number of rotatable bonds is 5. The zero-order chi connectivity index (χ0) is 15.2. The van der Waals surface area contributed by atoms with Crippen LogP contribution in [-0.4, -0.2) is 12.0 Å². The average Bonchev–Trinajstić information content (AvgIpc) is 2.46. The third kappa shape index (κ3) is 4.02. The molecule has 0 radical (unpaired) electrons. The first-order valence-corrected chi connectivity index (χ1v) is 6.57. The number of nitrogens with one attached hydrogen (secondary N) is 1. The standard InChI is InChI=1S/C16H15F2NO2/c1-2-14(21-15-9-4-3-8-13(15)18)16(20)19-12-7-5-6-11(17)10-12/h3-10,14H,2H2,1H3,(H,19,20)/t14-/m0/s1. The van der Waals surface area contributed by atoms with Gasteiger partial charge in [0.05, 0.1) is 0 Å². The Labute approximate surface area is 121 Å². The predicted molar refractivity (Wildman–Crippen MR) is 76.1 cm³/mol. The molecule has 0 spiro atoms. The van der Waals surface area contributed by atoms with Crippen LogP contribution in [0.4, 0.5) is 14.5 Å². The molecule has 2 rings (SSSR count). The number of anilines is 1. The third-order valence-corrected chi connectivity index (χ3v) is 2.86. The molecule has 0 aliphatic heterocycles. The summed E-state index contributed by atoms with van der Waals surface area (Å²) in [4.78, 5) is 12.1. The molecule has 0 aromatic heterocycles. The van der Waals surface area contributed by atoms with Crippen LogP contribution in [0, 0.1) is 11.6 Å². The van der Waals surface area contributed by atoms with Crippen molar-refractivity contribution in [2.45, 2.75) is 19.4 Å². The Morgan fingerprint density at radius 2 is 1.95 bits per heavy atom. The van der Waals surface area contributed by atoms with E-state index < -0.39 is 23.6 Å². The van der Waals surface area contributed by atoms with E-state index in [0.717, 1.165) is 0 Å². The average molecular weight is 291 g/mol. The van der Waals surface area contributed by atoms with Crippen LogP contribution in [-0.2, 0) is 4.79 Å². The highest BCUT2D eigenvalue weighted by atomic mass is 19.1. The summed E-state index contributed by atoms with van der Waals surface area (Å²) in [5, 5.41) is 2.55. The Kier molecular flexibility index (Phi) is 4.87. The molecular weight excluding hydrogens is 276 g/mol. The second-order valence-corrected chi connectivity index (χ2v) is 4.44. The van der Waals surface area contributed by atoms with E-state index in [1.54, 1.807) is 19.1 Å². The third-order valence-electron chi connectivity index (χ3n) is 2.86. The molecule has 5 heteroatoms. The summed E-state index contributed by atoms with van der Waals surface area (Å²) in [6.07, 6.45) is -0.500. The topological polar surface area (TPSA) is 38.3 Å². The zero-order valence-corrected chi connectivity index (χ0v) is 11.5. The van der Waals surface area contributed by atoms with Gasteiger partial charge in [-0.2, -0.15) is 0 Å². The summed E-state index contributed by atoms with van der Waals surface area (Å²) in [5.41, 5.74) is 0.329. The van der Waals surface area contributed by atoms with Crippen LogP contribution in [0.15, 0.2) is 48.5 Å². The van der Waals surface area contributed by atoms with E-state index in [1.165, 1.54) is 36.4 Å². The van der Waals surface area contributed by atoms with Gasteiger partial charge in [-0.15, -0.1) is 0 Å². The lowest BCUT2D eigenvalue weighted by molar-refractivity contribution is -0.122. The summed E-state index contributed by atoms with van der Waals surface area (Å²) >= 11 is 0. The highest BCUT2D eigenvalue weighted by molar-refractivity contribution is 5.94. The van der Waals surface area contributed by atoms with Crippen LogP contribution in [0.1, 0.15) is 13.3 Å². The van der Waals surface area contributed by atoms with Crippen molar-refractivity contribution >= 4 is 11.6 Å². The minimum Gasteiger partial charge on any atom is -0.478 e. The fraction of sp³-hybridized carbons (Fsp3) is 0.188. The molecule has 2 aromatic rings. The van der Waals surface area contributed by atoms with E-state index in [2.05, 4.69) is 5.32 Å². The Bertz CT molecular complexity index is 631. The SMILES string of the molecule is CC[C@H](Oc1ccccc1F)C(=O)Nc1cccc(F)c1. The number of halogens is 2. The maximum Gasteiger partial charge on any atom is 0.265 e. The van der Waals surface area contributed by atoms with Crippen LogP contribution >= 0.6 is 0 Å².